The number of primary amides is 1. The molecule has 8 heteroatoms. The van der Waals surface area contributed by atoms with Crippen LogP contribution in [-0.4, -0.2) is 23.6 Å². The van der Waals surface area contributed by atoms with E-state index in [0.717, 1.165) is 0 Å². The maximum Gasteiger partial charge on any atom is 0.354 e. The summed E-state index contributed by atoms with van der Waals surface area (Å²) in [5, 5.41) is 5.64. The SMILES string of the molecule is NC(=O)C1CC(C(=O)OCc2ccc(F)cc2Br)=NN1c1ccccc1. The number of para-hydroxylation sites is 1. The number of halogens is 2. The zero-order valence-corrected chi connectivity index (χ0v) is 15.1. The minimum Gasteiger partial charge on any atom is -0.456 e. The zero-order valence-electron chi connectivity index (χ0n) is 13.6. The van der Waals surface area contributed by atoms with Crippen molar-refractivity contribution in [2.45, 2.75) is 19.1 Å². The van der Waals surface area contributed by atoms with Gasteiger partial charge < -0.3 is 10.5 Å². The first-order valence-corrected chi connectivity index (χ1v) is 8.57. The van der Waals surface area contributed by atoms with Crippen molar-refractivity contribution < 1.29 is 18.7 Å². The third kappa shape index (κ3) is 3.91. The van der Waals surface area contributed by atoms with Crippen LogP contribution in [0.1, 0.15) is 12.0 Å². The van der Waals surface area contributed by atoms with E-state index >= 15 is 0 Å². The zero-order chi connectivity index (χ0) is 18.7. The molecule has 134 valence electrons. The monoisotopic (exact) mass is 419 g/mol. The summed E-state index contributed by atoms with van der Waals surface area (Å²) in [6, 6.07) is 12.3. The Balaban J connectivity index is 1.73. The summed E-state index contributed by atoms with van der Waals surface area (Å²) in [5.41, 5.74) is 6.82. The highest BCUT2D eigenvalue weighted by molar-refractivity contribution is 9.10. The normalized spacial score (nSPS) is 16.3. The lowest BCUT2D eigenvalue weighted by Gasteiger charge is -2.20. The molecule has 1 aliphatic heterocycles. The molecule has 6 nitrogen and oxygen atoms in total. The van der Waals surface area contributed by atoms with Gasteiger partial charge in [-0.15, -0.1) is 0 Å². The van der Waals surface area contributed by atoms with Crippen molar-refractivity contribution in [2.75, 3.05) is 5.01 Å². The van der Waals surface area contributed by atoms with Gasteiger partial charge in [-0.25, -0.2) is 9.18 Å². The molecule has 0 radical (unpaired) electrons. The summed E-state index contributed by atoms with van der Waals surface area (Å²) >= 11 is 3.22. The molecule has 2 aromatic rings. The number of nitrogens with zero attached hydrogens (tertiary/aromatic N) is 2. The van der Waals surface area contributed by atoms with Crippen LogP contribution < -0.4 is 10.7 Å². The van der Waals surface area contributed by atoms with E-state index in [1.54, 1.807) is 24.3 Å². The summed E-state index contributed by atoms with van der Waals surface area (Å²) in [6.45, 7) is -0.0503. The number of ether oxygens (including phenoxy) is 1. The molecule has 26 heavy (non-hydrogen) atoms. The fourth-order valence-electron chi connectivity index (χ4n) is 2.54. The number of carbonyl (C=O) groups excluding carboxylic acids is 2. The lowest BCUT2D eigenvalue weighted by atomic mass is 10.1. The van der Waals surface area contributed by atoms with Crippen LogP contribution in [0.3, 0.4) is 0 Å². The molecular formula is C18H15BrFN3O3. The van der Waals surface area contributed by atoms with Crippen molar-refractivity contribution in [1.82, 2.24) is 0 Å². The van der Waals surface area contributed by atoms with E-state index in [0.29, 0.717) is 15.7 Å². The van der Waals surface area contributed by atoms with Crippen LogP contribution in [0.25, 0.3) is 0 Å². The van der Waals surface area contributed by atoms with Gasteiger partial charge >= 0.3 is 5.97 Å². The van der Waals surface area contributed by atoms with E-state index < -0.39 is 23.7 Å². The van der Waals surface area contributed by atoms with Gasteiger partial charge in [-0.2, -0.15) is 5.10 Å². The van der Waals surface area contributed by atoms with E-state index in [2.05, 4.69) is 21.0 Å². The predicted octanol–water partition coefficient (Wildman–Crippen LogP) is 2.75. The molecule has 2 N–H and O–H groups in total. The number of amides is 1. The molecule has 0 fully saturated rings. The Morgan fingerprint density at radius 3 is 2.65 bits per heavy atom. The second-order valence-corrected chi connectivity index (χ2v) is 6.52. The van der Waals surface area contributed by atoms with Gasteiger partial charge in [-0.05, 0) is 24.3 Å². The Hall–Kier alpha value is -2.74. The number of rotatable bonds is 5. The van der Waals surface area contributed by atoms with Gasteiger partial charge in [0.2, 0.25) is 5.91 Å². The summed E-state index contributed by atoms with van der Waals surface area (Å²) < 4.78 is 18.9. The van der Waals surface area contributed by atoms with Gasteiger partial charge in [0.15, 0.2) is 0 Å². The van der Waals surface area contributed by atoms with Crippen LogP contribution in [0.4, 0.5) is 10.1 Å². The van der Waals surface area contributed by atoms with Gasteiger partial charge in [0, 0.05) is 16.5 Å². The van der Waals surface area contributed by atoms with Crippen LogP contribution in [-0.2, 0) is 20.9 Å². The molecule has 1 atom stereocenters. The first kappa shape index (κ1) is 18.1. The molecule has 0 saturated heterocycles. The van der Waals surface area contributed by atoms with E-state index in [-0.39, 0.29) is 18.7 Å². The third-order valence-electron chi connectivity index (χ3n) is 3.87. The highest BCUT2D eigenvalue weighted by atomic mass is 79.9. The number of hydrogen-bond acceptors (Lipinski definition) is 5. The number of carbonyl (C=O) groups is 2. The molecular weight excluding hydrogens is 405 g/mol. The van der Waals surface area contributed by atoms with Gasteiger partial charge in [-0.3, -0.25) is 9.80 Å². The van der Waals surface area contributed by atoms with Gasteiger partial charge in [-0.1, -0.05) is 40.2 Å². The largest absolute Gasteiger partial charge is 0.456 e. The Labute approximate surface area is 157 Å². The average Bonchev–Trinajstić information content (AvgIpc) is 3.07. The fraction of sp³-hybridized carbons (Fsp3) is 0.167. The molecule has 2 aromatic carbocycles. The molecule has 1 heterocycles. The maximum atomic E-state index is 13.1. The van der Waals surface area contributed by atoms with Crippen molar-refractivity contribution in [1.29, 1.82) is 0 Å². The van der Waals surface area contributed by atoms with Crippen molar-refractivity contribution in [3.63, 3.8) is 0 Å². The topological polar surface area (TPSA) is 85.0 Å². The van der Waals surface area contributed by atoms with Crippen LogP contribution >= 0.6 is 15.9 Å². The van der Waals surface area contributed by atoms with E-state index in [1.165, 1.54) is 23.2 Å². The first-order chi connectivity index (χ1) is 12.5. The maximum absolute atomic E-state index is 13.1. The molecule has 0 saturated carbocycles. The van der Waals surface area contributed by atoms with Crippen LogP contribution in [0.2, 0.25) is 0 Å². The first-order valence-electron chi connectivity index (χ1n) is 7.78. The van der Waals surface area contributed by atoms with Crippen LogP contribution in [0, 0.1) is 5.82 Å². The number of hydrogen-bond donors (Lipinski definition) is 1. The summed E-state index contributed by atoms with van der Waals surface area (Å²) in [7, 11) is 0. The fourth-order valence-corrected chi connectivity index (χ4v) is 3.00. The molecule has 0 spiro atoms. The summed E-state index contributed by atoms with van der Waals surface area (Å²) in [6.07, 6.45) is 0.0631. The van der Waals surface area contributed by atoms with Crippen LogP contribution in [0.5, 0.6) is 0 Å². The van der Waals surface area contributed by atoms with E-state index in [1.807, 2.05) is 6.07 Å². The van der Waals surface area contributed by atoms with E-state index in [4.69, 9.17) is 10.5 Å². The van der Waals surface area contributed by atoms with Crippen molar-refractivity contribution in [3.8, 4) is 0 Å². The minimum absolute atomic E-state index is 0.0503. The highest BCUT2D eigenvalue weighted by Crippen LogP contribution is 2.25. The Kier molecular flexibility index (Phi) is 5.32. The number of esters is 1. The molecule has 0 aliphatic carbocycles. The molecule has 1 unspecified atom stereocenters. The number of nitrogens with two attached hydrogens (primary N) is 1. The molecule has 1 aliphatic rings. The minimum atomic E-state index is -0.752. The van der Waals surface area contributed by atoms with Gasteiger partial charge in [0.05, 0.1) is 5.69 Å². The Morgan fingerprint density at radius 1 is 1.27 bits per heavy atom. The van der Waals surface area contributed by atoms with Crippen LogP contribution in [0.15, 0.2) is 58.1 Å². The van der Waals surface area contributed by atoms with Gasteiger partial charge in [0.1, 0.15) is 24.2 Å². The Bertz CT molecular complexity index is 873. The smallest absolute Gasteiger partial charge is 0.354 e. The molecule has 0 aromatic heterocycles. The lowest BCUT2D eigenvalue weighted by Crippen LogP contribution is -2.39. The van der Waals surface area contributed by atoms with Crippen molar-refractivity contribution in [2.24, 2.45) is 10.8 Å². The number of benzene rings is 2. The van der Waals surface area contributed by atoms with Crippen molar-refractivity contribution in [3.05, 3.63) is 64.4 Å². The number of anilines is 1. The highest BCUT2D eigenvalue weighted by Gasteiger charge is 2.35. The Morgan fingerprint density at radius 2 is 2.00 bits per heavy atom. The summed E-state index contributed by atoms with van der Waals surface area (Å²) in [4.78, 5) is 24.0. The van der Waals surface area contributed by atoms with Crippen molar-refractivity contribution >= 4 is 39.2 Å². The third-order valence-corrected chi connectivity index (χ3v) is 4.61. The molecule has 1 amide bonds. The van der Waals surface area contributed by atoms with Gasteiger partial charge in [0.25, 0.3) is 0 Å². The van der Waals surface area contributed by atoms with E-state index in [9.17, 15) is 14.0 Å². The number of hydrazone groups is 1. The second kappa shape index (κ2) is 7.65. The molecule has 0 bridgehead atoms. The second-order valence-electron chi connectivity index (χ2n) is 5.66. The standard InChI is InChI=1S/C18H15BrFN3O3/c19-14-8-12(20)7-6-11(14)10-26-18(25)15-9-16(17(21)24)23(22-15)13-4-2-1-3-5-13/h1-8,16H,9-10H2,(H2,21,24). The molecule has 3 rings (SSSR count). The lowest BCUT2D eigenvalue weighted by molar-refractivity contribution is -0.136. The predicted molar refractivity (Wildman–Crippen MR) is 97.9 cm³/mol. The summed E-state index contributed by atoms with van der Waals surface area (Å²) in [5.74, 6) is -1.62. The quantitative estimate of drug-likeness (QED) is 0.754. The average molecular weight is 420 g/mol.